The van der Waals surface area contributed by atoms with E-state index in [0.717, 1.165) is 22.7 Å². The summed E-state index contributed by atoms with van der Waals surface area (Å²) in [5, 5.41) is 9.02. The molecule has 0 unspecified atom stereocenters. The molecule has 0 aliphatic carbocycles. The molecule has 1 fully saturated rings. The van der Waals surface area contributed by atoms with E-state index in [0.29, 0.717) is 37.9 Å². The lowest BCUT2D eigenvalue weighted by atomic mass is 10.1. The first-order chi connectivity index (χ1) is 16.2. The van der Waals surface area contributed by atoms with E-state index >= 15 is 0 Å². The lowest BCUT2D eigenvalue weighted by molar-refractivity contribution is -0.140. The van der Waals surface area contributed by atoms with Crippen LogP contribution in [0.15, 0.2) is 36.5 Å². The molecule has 178 valence electrons. The Labute approximate surface area is 199 Å². The molecule has 1 aromatic carbocycles. The van der Waals surface area contributed by atoms with Crippen molar-refractivity contribution in [3.8, 4) is 6.07 Å². The Morgan fingerprint density at radius 3 is 2.59 bits per heavy atom. The van der Waals surface area contributed by atoms with Crippen molar-refractivity contribution in [2.24, 2.45) is 0 Å². The second kappa shape index (κ2) is 10.6. The first-order valence-electron chi connectivity index (χ1n) is 10.4. The van der Waals surface area contributed by atoms with Crippen LogP contribution < -0.4 is 9.80 Å². The second-order valence-corrected chi connectivity index (χ2v) is 7.93. The third-order valence-electron chi connectivity index (χ3n) is 5.31. The zero-order valence-electron chi connectivity index (χ0n) is 18.3. The normalized spacial score (nSPS) is 14.6. The third-order valence-corrected chi connectivity index (χ3v) is 5.71. The number of anilines is 2. The number of aryl methyl sites for hydroxylation is 1. The van der Waals surface area contributed by atoms with Crippen LogP contribution in [0.4, 0.5) is 24.5 Å². The highest BCUT2D eigenvalue weighted by Crippen LogP contribution is 2.34. The summed E-state index contributed by atoms with van der Waals surface area (Å²) in [6.45, 7) is 0.401. The molecule has 1 aliphatic heterocycles. The number of thiocarbonyl (C=S) groups is 1. The maximum Gasteiger partial charge on any atom is 0.419 e. The maximum absolute atomic E-state index is 13.4. The number of nitrogens with zero attached hydrogens (tertiary/aromatic N) is 4. The van der Waals surface area contributed by atoms with Crippen LogP contribution in [0.2, 0.25) is 0 Å². The van der Waals surface area contributed by atoms with Crippen molar-refractivity contribution < 1.29 is 27.5 Å². The molecule has 0 saturated carbocycles. The van der Waals surface area contributed by atoms with Gasteiger partial charge in [-0.3, -0.25) is 14.5 Å². The topological polar surface area (TPSA) is 86.5 Å². The van der Waals surface area contributed by atoms with Crippen LogP contribution in [0.1, 0.15) is 42.5 Å². The number of benzene rings is 1. The summed E-state index contributed by atoms with van der Waals surface area (Å²) in [5.74, 6) is -0.728. The van der Waals surface area contributed by atoms with Crippen LogP contribution in [0.5, 0.6) is 0 Å². The zero-order valence-corrected chi connectivity index (χ0v) is 19.1. The number of amides is 1. The molecule has 1 amide bonds. The van der Waals surface area contributed by atoms with Crippen LogP contribution in [0, 0.1) is 11.3 Å². The number of esters is 1. The zero-order chi connectivity index (χ0) is 24.9. The van der Waals surface area contributed by atoms with E-state index < -0.39 is 23.3 Å². The van der Waals surface area contributed by atoms with E-state index in [1.54, 1.807) is 4.90 Å². The predicted octanol–water partition coefficient (Wildman–Crippen LogP) is 4.39. The number of rotatable bonds is 6. The number of carbonyl (C=O) groups is 2. The number of hydrogen-bond donors (Lipinski definition) is 0. The Morgan fingerprint density at radius 1 is 1.26 bits per heavy atom. The SMILES string of the molecule is COC(=O)CCCc1ccc(N2CCCC(=O)N(c3cnc(C#N)c(C(F)(F)F)c3)C2=S)cc1. The van der Waals surface area contributed by atoms with Crippen molar-refractivity contribution in [1.82, 2.24) is 4.98 Å². The lowest BCUT2D eigenvalue weighted by Crippen LogP contribution is -2.44. The number of nitriles is 1. The fourth-order valence-electron chi connectivity index (χ4n) is 3.58. The molecule has 11 heteroatoms. The monoisotopic (exact) mass is 490 g/mol. The number of aromatic nitrogens is 1. The minimum Gasteiger partial charge on any atom is -0.469 e. The number of carbonyl (C=O) groups excluding carboxylic acids is 2. The van der Waals surface area contributed by atoms with Crippen molar-refractivity contribution >= 4 is 40.6 Å². The van der Waals surface area contributed by atoms with Gasteiger partial charge in [0.15, 0.2) is 10.8 Å². The third kappa shape index (κ3) is 5.69. The summed E-state index contributed by atoms with van der Waals surface area (Å²) in [5.41, 5.74) is -0.474. The summed E-state index contributed by atoms with van der Waals surface area (Å²) in [4.78, 5) is 30.4. The first kappa shape index (κ1) is 25.1. The van der Waals surface area contributed by atoms with Gasteiger partial charge in [-0.05, 0) is 55.2 Å². The van der Waals surface area contributed by atoms with Crippen molar-refractivity contribution in [3.63, 3.8) is 0 Å². The molecular weight excluding hydrogens is 469 g/mol. The van der Waals surface area contributed by atoms with Gasteiger partial charge in [0, 0.05) is 25.1 Å². The van der Waals surface area contributed by atoms with E-state index in [2.05, 4.69) is 9.72 Å². The molecule has 2 heterocycles. The molecule has 1 aliphatic rings. The molecule has 0 spiro atoms. The second-order valence-electron chi connectivity index (χ2n) is 7.56. The Morgan fingerprint density at radius 2 is 1.97 bits per heavy atom. The van der Waals surface area contributed by atoms with Gasteiger partial charge in [0.25, 0.3) is 0 Å². The molecule has 0 atom stereocenters. The Kier molecular flexibility index (Phi) is 7.83. The average Bonchev–Trinajstić information content (AvgIpc) is 2.96. The van der Waals surface area contributed by atoms with Gasteiger partial charge in [0.2, 0.25) is 5.91 Å². The summed E-state index contributed by atoms with van der Waals surface area (Å²) in [7, 11) is 1.34. The van der Waals surface area contributed by atoms with Crippen LogP contribution in [-0.4, -0.2) is 35.6 Å². The summed E-state index contributed by atoms with van der Waals surface area (Å²) < 4.78 is 44.9. The quantitative estimate of drug-likeness (QED) is 0.439. The smallest absolute Gasteiger partial charge is 0.419 e. The first-order valence-corrected chi connectivity index (χ1v) is 10.8. The highest BCUT2D eigenvalue weighted by atomic mass is 32.1. The van der Waals surface area contributed by atoms with Gasteiger partial charge in [-0.2, -0.15) is 18.4 Å². The van der Waals surface area contributed by atoms with Crippen molar-refractivity contribution in [2.75, 3.05) is 23.5 Å². The molecule has 34 heavy (non-hydrogen) atoms. The minimum absolute atomic E-state index is 0.0283. The Hall–Kier alpha value is -3.52. The molecule has 0 radical (unpaired) electrons. The number of pyridine rings is 1. The van der Waals surface area contributed by atoms with Crippen LogP contribution >= 0.6 is 12.2 Å². The van der Waals surface area contributed by atoms with E-state index in [1.807, 2.05) is 24.3 Å². The molecule has 1 saturated heterocycles. The molecule has 0 N–H and O–H groups in total. The summed E-state index contributed by atoms with van der Waals surface area (Å²) in [6, 6.07) is 9.52. The lowest BCUT2D eigenvalue weighted by Gasteiger charge is -2.30. The molecule has 0 bridgehead atoms. The van der Waals surface area contributed by atoms with Crippen molar-refractivity contribution in [1.29, 1.82) is 5.26 Å². The highest BCUT2D eigenvalue weighted by Gasteiger charge is 2.37. The molecule has 3 rings (SSSR count). The van der Waals surface area contributed by atoms with Crippen LogP contribution in [-0.2, 0) is 26.9 Å². The predicted molar refractivity (Wildman–Crippen MR) is 122 cm³/mol. The van der Waals surface area contributed by atoms with E-state index in [-0.39, 0.29) is 23.2 Å². The molecule has 2 aromatic rings. The molecule has 1 aromatic heterocycles. The Balaban J connectivity index is 1.86. The van der Waals surface area contributed by atoms with Gasteiger partial charge >= 0.3 is 12.1 Å². The van der Waals surface area contributed by atoms with E-state index in [1.165, 1.54) is 13.2 Å². The van der Waals surface area contributed by atoms with Crippen molar-refractivity contribution in [3.05, 3.63) is 53.3 Å². The van der Waals surface area contributed by atoms with Gasteiger partial charge in [-0.1, -0.05) is 12.1 Å². The van der Waals surface area contributed by atoms with E-state index in [4.69, 9.17) is 17.5 Å². The fourth-order valence-corrected chi connectivity index (χ4v) is 3.98. The van der Waals surface area contributed by atoms with Gasteiger partial charge < -0.3 is 9.64 Å². The van der Waals surface area contributed by atoms with Crippen molar-refractivity contribution in [2.45, 2.75) is 38.3 Å². The average molecular weight is 491 g/mol. The highest BCUT2D eigenvalue weighted by molar-refractivity contribution is 7.81. The fraction of sp³-hybridized carbons (Fsp3) is 0.348. The summed E-state index contributed by atoms with van der Waals surface area (Å²) >= 11 is 5.52. The largest absolute Gasteiger partial charge is 0.469 e. The number of methoxy groups -OCH3 is 1. The minimum atomic E-state index is -4.81. The Bertz CT molecular complexity index is 1130. The van der Waals surface area contributed by atoms with Gasteiger partial charge in [0.05, 0.1) is 24.6 Å². The number of hydrogen-bond acceptors (Lipinski definition) is 6. The van der Waals surface area contributed by atoms with Crippen LogP contribution in [0.3, 0.4) is 0 Å². The van der Waals surface area contributed by atoms with Gasteiger partial charge in [-0.15, -0.1) is 0 Å². The molecule has 7 nitrogen and oxygen atoms in total. The van der Waals surface area contributed by atoms with Gasteiger partial charge in [0.1, 0.15) is 6.07 Å². The van der Waals surface area contributed by atoms with E-state index in [9.17, 15) is 22.8 Å². The number of ether oxygens (including phenoxy) is 1. The maximum atomic E-state index is 13.4. The number of alkyl halides is 3. The van der Waals surface area contributed by atoms with Gasteiger partial charge in [-0.25, -0.2) is 4.98 Å². The molecular formula is C23H21F3N4O3S. The standard InChI is InChI=1S/C23H21F3N4O3S/c1-33-21(32)6-2-4-15-7-9-16(10-8-15)29-11-3-5-20(31)30(22(29)34)17-12-18(23(24,25)26)19(13-27)28-14-17/h7-10,12,14H,2-6,11H2,1H3. The number of halogens is 3. The summed E-state index contributed by atoms with van der Waals surface area (Å²) in [6.07, 6.45) is -1.62. The van der Waals surface area contributed by atoms with Crippen LogP contribution in [0.25, 0.3) is 0 Å².